The number of anilines is 1. The summed E-state index contributed by atoms with van der Waals surface area (Å²) in [4.78, 5) is 14.3. The number of nitrogens with one attached hydrogen (secondary N) is 1. The van der Waals surface area contributed by atoms with Gasteiger partial charge < -0.3 is 5.32 Å². The van der Waals surface area contributed by atoms with Crippen molar-refractivity contribution in [3.63, 3.8) is 0 Å². The molecule has 1 heterocycles. The first kappa shape index (κ1) is 12.1. The van der Waals surface area contributed by atoms with Crippen LogP contribution in [0.3, 0.4) is 0 Å². The smallest absolute Gasteiger partial charge is 0.276 e. The van der Waals surface area contributed by atoms with E-state index in [9.17, 15) is 10.1 Å². The number of rotatable bonds is 4. The highest BCUT2D eigenvalue weighted by atomic mass is 35.5. The van der Waals surface area contributed by atoms with Crippen LogP contribution in [0.2, 0.25) is 5.15 Å². The Morgan fingerprint density at radius 1 is 1.59 bits per heavy atom. The summed E-state index contributed by atoms with van der Waals surface area (Å²) in [6.45, 7) is 2.07. The third-order valence-electron chi connectivity index (χ3n) is 3.22. The van der Waals surface area contributed by atoms with Crippen LogP contribution in [0.1, 0.15) is 26.2 Å². The molecule has 0 spiro atoms. The van der Waals surface area contributed by atoms with E-state index in [1.165, 1.54) is 31.4 Å². The molecule has 6 heteroatoms. The molecule has 0 radical (unpaired) electrons. The Morgan fingerprint density at radius 2 is 2.29 bits per heavy atom. The molecule has 1 aromatic heterocycles. The topological polar surface area (TPSA) is 68.1 Å². The van der Waals surface area contributed by atoms with Crippen molar-refractivity contribution in [3.05, 3.63) is 27.4 Å². The fraction of sp³-hybridized carbons (Fsp3) is 0.545. The predicted molar refractivity (Wildman–Crippen MR) is 66.3 cm³/mol. The largest absolute Gasteiger partial charge is 0.367 e. The van der Waals surface area contributed by atoms with Crippen molar-refractivity contribution in [2.24, 2.45) is 5.92 Å². The first-order valence-corrected chi connectivity index (χ1v) is 6.02. The Bertz CT molecular complexity index is 435. The Kier molecular flexibility index (Phi) is 3.47. The van der Waals surface area contributed by atoms with Gasteiger partial charge in [-0.05, 0) is 25.7 Å². The molecular weight excluding hydrogens is 242 g/mol. The zero-order chi connectivity index (χ0) is 12.4. The van der Waals surface area contributed by atoms with E-state index in [2.05, 4.69) is 17.2 Å². The third kappa shape index (κ3) is 2.85. The van der Waals surface area contributed by atoms with Crippen LogP contribution in [0, 0.1) is 16.0 Å². The second-order valence-corrected chi connectivity index (χ2v) is 4.80. The summed E-state index contributed by atoms with van der Waals surface area (Å²) in [5.74, 6) is 1.11. The van der Waals surface area contributed by atoms with E-state index in [0.29, 0.717) is 11.7 Å². The van der Waals surface area contributed by atoms with E-state index in [1.54, 1.807) is 0 Å². The van der Waals surface area contributed by atoms with Crippen LogP contribution in [-0.2, 0) is 0 Å². The Balaban J connectivity index is 2.11. The number of nitro groups is 1. The van der Waals surface area contributed by atoms with Gasteiger partial charge >= 0.3 is 0 Å². The Morgan fingerprint density at radius 3 is 2.82 bits per heavy atom. The third-order valence-corrected chi connectivity index (χ3v) is 3.42. The van der Waals surface area contributed by atoms with Crippen LogP contribution in [0.5, 0.6) is 0 Å². The molecule has 0 saturated heterocycles. The fourth-order valence-electron chi connectivity index (χ4n) is 1.95. The van der Waals surface area contributed by atoms with Crippen molar-refractivity contribution in [2.45, 2.75) is 32.2 Å². The molecule has 5 nitrogen and oxygen atoms in total. The second kappa shape index (κ2) is 4.87. The lowest BCUT2D eigenvalue weighted by Crippen LogP contribution is -2.31. The van der Waals surface area contributed by atoms with Gasteiger partial charge in [-0.2, -0.15) is 0 Å². The van der Waals surface area contributed by atoms with Crippen LogP contribution in [0.25, 0.3) is 0 Å². The van der Waals surface area contributed by atoms with Gasteiger partial charge in [-0.15, -0.1) is 0 Å². The van der Waals surface area contributed by atoms with E-state index in [-0.39, 0.29) is 16.9 Å². The molecule has 0 aliphatic heterocycles. The lowest BCUT2D eigenvalue weighted by molar-refractivity contribution is -0.384. The maximum Gasteiger partial charge on any atom is 0.276 e. The van der Waals surface area contributed by atoms with Crippen molar-refractivity contribution >= 4 is 23.1 Å². The summed E-state index contributed by atoms with van der Waals surface area (Å²) in [5.41, 5.74) is -0.0340. The highest BCUT2D eigenvalue weighted by Gasteiger charge is 2.24. The molecule has 1 aliphatic rings. The second-order valence-electron chi connectivity index (χ2n) is 4.41. The summed E-state index contributed by atoms with van der Waals surface area (Å²) in [6.07, 6.45) is 3.67. The summed E-state index contributed by atoms with van der Waals surface area (Å²) < 4.78 is 0. The summed E-state index contributed by atoms with van der Waals surface area (Å²) in [7, 11) is 0. The number of halogens is 1. The molecule has 1 atom stereocenters. The predicted octanol–water partition coefficient (Wildman–Crippen LogP) is 3.24. The summed E-state index contributed by atoms with van der Waals surface area (Å²) in [6, 6.07) is 2.94. The number of hydrogen-bond acceptors (Lipinski definition) is 4. The molecule has 17 heavy (non-hydrogen) atoms. The molecule has 92 valence electrons. The minimum Gasteiger partial charge on any atom is -0.367 e. The number of nitrogens with zero attached hydrogens (tertiary/aromatic N) is 2. The summed E-state index contributed by atoms with van der Waals surface area (Å²) >= 11 is 5.75. The molecule has 0 aromatic carbocycles. The monoisotopic (exact) mass is 255 g/mol. The van der Waals surface area contributed by atoms with Crippen LogP contribution in [0.15, 0.2) is 12.1 Å². The van der Waals surface area contributed by atoms with Gasteiger partial charge in [-0.3, -0.25) is 10.1 Å². The first-order chi connectivity index (χ1) is 8.06. The van der Waals surface area contributed by atoms with Gasteiger partial charge in [0.2, 0.25) is 0 Å². The minimum absolute atomic E-state index is 0.0340. The molecular formula is C11H14ClN3O2. The standard InChI is InChI=1S/C11H14ClN3O2/c1-7(8-3-2-4-8)13-11-6-9(15(16)17)5-10(12)14-11/h5-8H,2-4H2,1H3,(H,13,14). The van der Waals surface area contributed by atoms with Gasteiger partial charge in [0.1, 0.15) is 11.0 Å². The first-order valence-electron chi connectivity index (χ1n) is 5.65. The van der Waals surface area contributed by atoms with Gasteiger partial charge in [0, 0.05) is 6.04 Å². The normalized spacial score (nSPS) is 17.3. The molecule has 1 saturated carbocycles. The average Bonchev–Trinajstić information content (AvgIpc) is 2.13. The molecule has 1 fully saturated rings. The van der Waals surface area contributed by atoms with E-state index in [4.69, 9.17) is 11.6 Å². The van der Waals surface area contributed by atoms with E-state index < -0.39 is 4.92 Å². The molecule has 1 aliphatic carbocycles. The number of aromatic nitrogens is 1. The van der Waals surface area contributed by atoms with Crippen molar-refractivity contribution in [1.29, 1.82) is 0 Å². The molecule has 2 rings (SSSR count). The van der Waals surface area contributed by atoms with Crippen molar-refractivity contribution in [2.75, 3.05) is 5.32 Å². The van der Waals surface area contributed by atoms with Gasteiger partial charge in [0.05, 0.1) is 17.1 Å². The van der Waals surface area contributed by atoms with E-state index >= 15 is 0 Å². The van der Waals surface area contributed by atoms with Gasteiger partial charge in [-0.25, -0.2) is 4.98 Å². The zero-order valence-electron chi connectivity index (χ0n) is 9.52. The van der Waals surface area contributed by atoms with Crippen LogP contribution in [0.4, 0.5) is 11.5 Å². The molecule has 1 aromatic rings. The molecule has 1 unspecified atom stereocenters. The average molecular weight is 256 g/mol. The maximum absolute atomic E-state index is 10.7. The van der Waals surface area contributed by atoms with E-state index in [1.807, 2.05) is 0 Å². The lowest BCUT2D eigenvalue weighted by atomic mass is 9.80. The quantitative estimate of drug-likeness (QED) is 0.509. The van der Waals surface area contributed by atoms with Crippen LogP contribution < -0.4 is 5.32 Å². The molecule has 1 N–H and O–H groups in total. The van der Waals surface area contributed by atoms with Crippen molar-refractivity contribution in [3.8, 4) is 0 Å². The van der Waals surface area contributed by atoms with E-state index in [0.717, 1.165) is 0 Å². The highest BCUT2D eigenvalue weighted by Crippen LogP contribution is 2.31. The SMILES string of the molecule is CC(Nc1cc([N+](=O)[O-])cc(Cl)n1)C1CCC1. The number of hydrogen-bond donors (Lipinski definition) is 1. The number of pyridine rings is 1. The van der Waals surface area contributed by atoms with Crippen molar-refractivity contribution < 1.29 is 4.92 Å². The maximum atomic E-state index is 10.7. The van der Waals surface area contributed by atoms with Crippen LogP contribution >= 0.6 is 11.6 Å². The lowest BCUT2D eigenvalue weighted by Gasteiger charge is -2.32. The van der Waals surface area contributed by atoms with Gasteiger partial charge in [0.25, 0.3) is 5.69 Å². The molecule has 0 amide bonds. The van der Waals surface area contributed by atoms with Gasteiger partial charge in [-0.1, -0.05) is 18.0 Å². The Hall–Kier alpha value is -1.36. The minimum atomic E-state index is -0.466. The zero-order valence-corrected chi connectivity index (χ0v) is 10.3. The molecule has 0 bridgehead atoms. The van der Waals surface area contributed by atoms with Gasteiger partial charge in [0.15, 0.2) is 0 Å². The van der Waals surface area contributed by atoms with Crippen molar-refractivity contribution in [1.82, 2.24) is 4.98 Å². The highest BCUT2D eigenvalue weighted by molar-refractivity contribution is 6.29. The van der Waals surface area contributed by atoms with Crippen LogP contribution in [-0.4, -0.2) is 15.9 Å². The fourth-order valence-corrected chi connectivity index (χ4v) is 2.16. The Labute approximate surface area is 104 Å². The summed E-state index contributed by atoms with van der Waals surface area (Å²) in [5, 5.41) is 14.0.